The first-order valence-corrected chi connectivity index (χ1v) is 6.46. The van der Waals surface area contributed by atoms with Crippen LogP contribution in [0.2, 0.25) is 0 Å². The highest BCUT2D eigenvalue weighted by Gasteiger charge is 2.20. The van der Waals surface area contributed by atoms with E-state index in [1.807, 2.05) is 6.92 Å². The summed E-state index contributed by atoms with van der Waals surface area (Å²) in [5.74, 6) is -0.995. The average Bonchev–Trinajstić information content (AvgIpc) is 2.32. The van der Waals surface area contributed by atoms with Gasteiger partial charge in [0.1, 0.15) is 11.6 Å². The fraction of sp³-hybridized carbons (Fsp3) is 0.571. The lowest BCUT2D eigenvalue weighted by atomic mass is 10.0. The van der Waals surface area contributed by atoms with Crippen LogP contribution in [-0.2, 0) is 0 Å². The maximum absolute atomic E-state index is 13.6. The number of halogens is 2. The smallest absolute Gasteiger partial charge is 0.130 e. The molecule has 100 valence electrons. The summed E-state index contributed by atoms with van der Waals surface area (Å²) in [7, 11) is 2.11. The molecular formula is C14H20F2N2. The van der Waals surface area contributed by atoms with Gasteiger partial charge in [0.25, 0.3) is 0 Å². The summed E-state index contributed by atoms with van der Waals surface area (Å²) in [6.45, 7) is 4.06. The lowest BCUT2D eigenvalue weighted by Crippen LogP contribution is -2.41. The van der Waals surface area contributed by atoms with E-state index in [0.717, 1.165) is 32.0 Å². The molecule has 18 heavy (non-hydrogen) atoms. The SMILES string of the molecule is CC(NC1CCN(C)CC1)c1ccc(F)cc1F. The van der Waals surface area contributed by atoms with Crippen molar-refractivity contribution in [2.45, 2.75) is 31.8 Å². The van der Waals surface area contributed by atoms with Crippen molar-refractivity contribution in [1.82, 2.24) is 10.2 Å². The first kappa shape index (κ1) is 13.4. The summed E-state index contributed by atoms with van der Waals surface area (Å²) in [6, 6.07) is 4.12. The Morgan fingerprint density at radius 3 is 2.56 bits per heavy atom. The minimum absolute atomic E-state index is 0.0843. The van der Waals surface area contributed by atoms with Crippen LogP contribution in [0.15, 0.2) is 18.2 Å². The molecule has 0 spiro atoms. The zero-order valence-electron chi connectivity index (χ0n) is 10.9. The van der Waals surface area contributed by atoms with E-state index < -0.39 is 11.6 Å². The Morgan fingerprint density at radius 2 is 1.94 bits per heavy atom. The zero-order chi connectivity index (χ0) is 13.1. The number of hydrogen-bond acceptors (Lipinski definition) is 2. The summed E-state index contributed by atoms with van der Waals surface area (Å²) in [5.41, 5.74) is 0.537. The van der Waals surface area contributed by atoms with Crippen LogP contribution in [0.25, 0.3) is 0 Å². The minimum atomic E-state index is -0.525. The van der Waals surface area contributed by atoms with Gasteiger partial charge in [-0.15, -0.1) is 0 Å². The molecule has 4 heteroatoms. The molecule has 1 N–H and O–H groups in total. The van der Waals surface area contributed by atoms with E-state index in [2.05, 4.69) is 17.3 Å². The average molecular weight is 254 g/mol. The van der Waals surface area contributed by atoms with Crippen molar-refractivity contribution in [3.63, 3.8) is 0 Å². The number of likely N-dealkylation sites (tertiary alicyclic amines) is 1. The number of hydrogen-bond donors (Lipinski definition) is 1. The van der Waals surface area contributed by atoms with Gasteiger partial charge in [0.15, 0.2) is 0 Å². The van der Waals surface area contributed by atoms with Crippen molar-refractivity contribution in [3.8, 4) is 0 Å². The second-order valence-electron chi connectivity index (χ2n) is 5.13. The molecule has 1 saturated heterocycles. The third-order valence-corrected chi connectivity index (χ3v) is 3.63. The van der Waals surface area contributed by atoms with Crippen LogP contribution in [-0.4, -0.2) is 31.1 Å². The monoisotopic (exact) mass is 254 g/mol. The molecule has 2 nitrogen and oxygen atoms in total. The van der Waals surface area contributed by atoms with Crippen molar-refractivity contribution in [2.75, 3.05) is 20.1 Å². The third kappa shape index (κ3) is 3.27. The van der Waals surface area contributed by atoms with Crippen molar-refractivity contribution >= 4 is 0 Å². The second-order valence-corrected chi connectivity index (χ2v) is 5.13. The Kier molecular flexibility index (Phi) is 4.30. The Bertz CT molecular complexity index is 401. The predicted molar refractivity (Wildman–Crippen MR) is 68.4 cm³/mol. The van der Waals surface area contributed by atoms with E-state index in [1.165, 1.54) is 12.1 Å². The second kappa shape index (κ2) is 5.76. The number of rotatable bonds is 3. The van der Waals surface area contributed by atoms with E-state index in [0.29, 0.717) is 11.6 Å². The van der Waals surface area contributed by atoms with Gasteiger partial charge >= 0.3 is 0 Å². The minimum Gasteiger partial charge on any atom is -0.307 e. The van der Waals surface area contributed by atoms with Gasteiger partial charge in [0.05, 0.1) is 0 Å². The van der Waals surface area contributed by atoms with E-state index >= 15 is 0 Å². The highest BCUT2D eigenvalue weighted by atomic mass is 19.1. The number of nitrogens with one attached hydrogen (secondary N) is 1. The van der Waals surface area contributed by atoms with Gasteiger partial charge < -0.3 is 10.2 Å². The van der Waals surface area contributed by atoms with E-state index in [9.17, 15) is 8.78 Å². The molecule has 1 aliphatic rings. The lowest BCUT2D eigenvalue weighted by Gasteiger charge is -2.31. The molecule has 0 saturated carbocycles. The van der Waals surface area contributed by atoms with Crippen molar-refractivity contribution in [3.05, 3.63) is 35.4 Å². The van der Waals surface area contributed by atoms with Gasteiger partial charge in [0.2, 0.25) is 0 Å². The molecule has 0 amide bonds. The highest BCUT2D eigenvalue weighted by molar-refractivity contribution is 5.21. The van der Waals surface area contributed by atoms with Crippen LogP contribution >= 0.6 is 0 Å². The van der Waals surface area contributed by atoms with Crippen LogP contribution in [0, 0.1) is 11.6 Å². The maximum atomic E-state index is 13.6. The molecule has 1 aromatic carbocycles. The van der Waals surface area contributed by atoms with Crippen LogP contribution in [0.3, 0.4) is 0 Å². The fourth-order valence-electron chi connectivity index (χ4n) is 2.47. The zero-order valence-corrected chi connectivity index (χ0v) is 10.9. The van der Waals surface area contributed by atoms with Crippen molar-refractivity contribution < 1.29 is 8.78 Å². The molecule has 1 aliphatic heterocycles. The number of benzene rings is 1. The molecule has 1 fully saturated rings. The van der Waals surface area contributed by atoms with Crippen LogP contribution in [0.4, 0.5) is 8.78 Å². The lowest BCUT2D eigenvalue weighted by molar-refractivity contribution is 0.226. The van der Waals surface area contributed by atoms with E-state index in [1.54, 1.807) is 0 Å². The van der Waals surface area contributed by atoms with E-state index in [-0.39, 0.29) is 6.04 Å². The molecular weight excluding hydrogens is 234 g/mol. The van der Waals surface area contributed by atoms with Crippen LogP contribution in [0.1, 0.15) is 31.4 Å². The number of piperidine rings is 1. The van der Waals surface area contributed by atoms with Crippen molar-refractivity contribution in [1.29, 1.82) is 0 Å². The fourth-order valence-corrected chi connectivity index (χ4v) is 2.47. The molecule has 0 radical (unpaired) electrons. The van der Waals surface area contributed by atoms with Crippen LogP contribution in [0.5, 0.6) is 0 Å². The molecule has 1 atom stereocenters. The largest absolute Gasteiger partial charge is 0.307 e. The summed E-state index contributed by atoms with van der Waals surface area (Å²) < 4.78 is 26.5. The Labute approximate surface area is 107 Å². The normalized spacial score (nSPS) is 20.0. The summed E-state index contributed by atoms with van der Waals surface area (Å²) >= 11 is 0. The molecule has 0 aromatic heterocycles. The van der Waals surface area contributed by atoms with Crippen molar-refractivity contribution in [2.24, 2.45) is 0 Å². The molecule has 1 heterocycles. The van der Waals surface area contributed by atoms with Gasteiger partial charge in [-0.05, 0) is 46.0 Å². The Morgan fingerprint density at radius 1 is 1.28 bits per heavy atom. The molecule has 1 unspecified atom stereocenters. The predicted octanol–water partition coefficient (Wildman–Crippen LogP) is 2.71. The Hall–Kier alpha value is -1.00. The molecule has 0 bridgehead atoms. The van der Waals surface area contributed by atoms with E-state index in [4.69, 9.17) is 0 Å². The first-order chi connectivity index (χ1) is 8.56. The summed E-state index contributed by atoms with van der Waals surface area (Å²) in [4.78, 5) is 2.29. The maximum Gasteiger partial charge on any atom is 0.130 e. The third-order valence-electron chi connectivity index (χ3n) is 3.63. The summed E-state index contributed by atoms with van der Waals surface area (Å²) in [6.07, 6.45) is 2.15. The first-order valence-electron chi connectivity index (χ1n) is 6.46. The van der Waals surface area contributed by atoms with Gasteiger partial charge in [-0.2, -0.15) is 0 Å². The molecule has 2 rings (SSSR count). The summed E-state index contributed by atoms with van der Waals surface area (Å²) in [5, 5.41) is 3.43. The quantitative estimate of drug-likeness (QED) is 0.892. The van der Waals surface area contributed by atoms with Crippen LogP contribution < -0.4 is 5.32 Å². The van der Waals surface area contributed by atoms with Gasteiger partial charge in [0, 0.05) is 23.7 Å². The van der Waals surface area contributed by atoms with Gasteiger partial charge in [-0.25, -0.2) is 8.78 Å². The molecule has 0 aliphatic carbocycles. The standard InChI is InChI=1S/C14H20F2N2/c1-10(13-4-3-11(15)9-14(13)16)17-12-5-7-18(2)8-6-12/h3-4,9-10,12,17H,5-8H2,1-2H3. The Balaban J connectivity index is 1.97. The van der Waals surface area contributed by atoms with Gasteiger partial charge in [-0.3, -0.25) is 0 Å². The molecule has 1 aromatic rings. The number of nitrogens with zero attached hydrogens (tertiary/aromatic N) is 1. The van der Waals surface area contributed by atoms with Gasteiger partial charge in [-0.1, -0.05) is 6.07 Å². The topological polar surface area (TPSA) is 15.3 Å². The highest BCUT2D eigenvalue weighted by Crippen LogP contribution is 2.20.